The lowest BCUT2D eigenvalue weighted by atomic mass is 10.0. The molecular formula is C22H16FNO4S. The van der Waals surface area contributed by atoms with Crippen molar-refractivity contribution in [1.82, 2.24) is 3.97 Å². The SMILES string of the molecule is COC(=O)c1ccc(-c2cn(S(=O)(=O)c3ccccc3)c3cc(F)ccc23)cc1. The lowest BCUT2D eigenvalue weighted by Crippen LogP contribution is -2.11. The van der Waals surface area contributed by atoms with Crippen molar-refractivity contribution in [3.8, 4) is 11.1 Å². The maximum absolute atomic E-state index is 13.9. The molecule has 4 aromatic rings. The van der Waals surface area contributed by atoms with Crippen LogP contribution in [0.15, 0.2) is 83.9 Å². The fraction of sp³-hybridized carbons (Fsp3) is 0.0455. The normalized spacial score (nSPS) is 11.5. The van der Waals surface area contributed by atoms with E-state index in [1.54, 1.807) is 48.5 Å². The Morgan fingerprint density at radius 2 is 1.66 bits per heavy atom. The summed E-state index contributed by atoms with van der Waals surface area (Å²) in [6.07, 6.45) is 1.47. The number of esters is 1. The predicted octanol–water partition coefficient (Wildman–Crippen LogP) is 4.47. The third-order valence-corrected chi connectivity index (χ3v) is 6.34. The molecule has 0 N–H and O–H groups in total. The highest BCUT2D eigenvalue weighted by molar-refractivity contribution is 7.90. The summed E-state index contributed by atoms with van der Waals surface area (Å²) in [6.45, 7) is 0. The monoisotopic (exact) mass is 409 g/mol. The van der Waals surface area contributed by atoms with Gasteiger partial charge >= 0.3 is 5.97 Å². The molecule has 1 aromatic heterocycles. The molecular weight excluding hydrogens is 393 g/mol. The fourth-order valence-corrected chi connectivity index (χ4v) is 4.59. The Morgan fingerprint density at radius 3 is 2.31 bits per heavy atom. The highest BCUT2D eigenvalue weighted by atomic mass is 32.2. The van der Waals surface area contributed by atoms with Crippen LogP contribution in [0.5, 0.6) is 0 Å². The van der Waals surface area contributed by atoms with Crippen molar-refractivity contribution in [3.63, 3.8) is 0 Å². The van der Waals surface area contributed by atoms with Crippen LogP contribution in [0.1, 0.15) is 10.4 Å². The Balaban J connectivity index is 1.93. The summed E-state index contributed by atoms with van der Waals surface area (Å²) in [5.41, 5.74) is 1.91. The molecule has 0 saturated carbocycles. The van der Waals surface area contributed by atoms with E-state index < -0.39 is 21.8 Å². The molecule has 0 aliphatic carbocycles. The predicted molar refractivity (Wildman–Crippen MR) is 108 cm³/mol. The van der Waals surface area contributed by atoms with Gasteiger partial charge in [0.25, 0.3) is 10.0 Å². The quantitative estimate of drug-likeness (QED) is 0.467. The Bertz CT molecular complexity index is 1310. The molecule has 0 fully saturated rings. The van der Waals surface area contributed by atoms with E-state index in [0.717, 1.165) is 3.97 Å². The summed E-state index contributed by atoms with van der Waals surface area (Å²) in [6, 6.07) is 18.6. The Kier molecular flexibility index (Phi) is 4.68. The average molecular weight is 409 g/mol. The van der Waals surface area contributed by atoms with Crippen molar-refractivity contribution in [3.05, 3.63) is 90.4 Å². The molecule has 0 bridgehead atoms. The van der Waals surface area contributed by atoms with Crippen molar-refractivity contribution >= 4 is 26.9 Å². The van der Waals surface area contributed by atoms with Gasteiger partial charge in [0.05, 0.1) is 23.1 Å². The number of halogens is 1. The van der Waals surface area contributed by atoms with E-state index in [0.29, 0.717) is 22.1 Å². The average Bonchev–Trinajstić information content (AvgIpc) is 3.13. The summed E-state index contributed by atoms with van der Waals surface area (Å²) >= 11 is 0. The second kappa shape index (κ2) is 7.18. The number of ether oxygens (including phenoxy) is 1. The molecule has 0 amide bonds. The molecule has 0 aliphatic heterocycles. The molecule has 0 saturated heterocycles. The number of hydrogen-bond acceptors (Lipinski definition) is 4. The smallest absolute Gasteiger partial charge is 0.337 e. The van der Waals surface area contributed by atoms with Gasteiger partial charge in [0, 0.05) is 17.1 Å². The van der Waals surface area contributed by atoms with Crippen molar-refractivity contribution in [2.45, 2.75) is 4.90 Å². The first-order valence-electron chi connectivity index (χ1n) is 8.72. The highest BCUT2D eigenvalue weighted by Crippen LogP contribution is 2.33. The van der Waals surface area contributed by atoms with E-state index in [-0.39, 0.29) is 10.4 Å². The number of hydrogen-bond donors (Lipinski definition) is 0. The standard InChI is InChI=1S/C22H16FNO4S/c1-28-22(25)16-9-7-15(8-10-16)20-14-24(21-13-17(23)11-12-19(20)21)29(26,27)18-5-3-2-4-6-18/h2-14H,1H3. The van der Waals surface area contributed by atoms with Gasteiger partial charge in [-0.05, 0) is 48.0 Å². The van der Waals surface area contributed by atoms with Gasteiger partial charge in [-0.25, -0.2) is 21.6 Å². The number of fused-ring (bicyclic) bond motifs is 1. The Morgan fingerprint density at radius 1 is 0.966 bits per heavy atom. The molecule has 0 unspecified atom stereocenters. The number of benzene rings is 3. The molecule has 29 heavy (non-hydrogen) atoms. The van der Waals surface area contributed by atoms with Gasteiger partial charge in [0.1, 0.15) is 5.82 Å². The van der Waals surface area contributed by atoms with Gasteiger partial charge in [-0.1, -0.05) is 30.3 Å². The Labute approximate surface area is 167 Å². The molecule has 7 heteroatoms. The lowest BCUT2D eigenvalue weighted by molar-refractivity contribution is 0.0600. The van der Waals surface area contributed by atoms with Gasteiger partial charge in [0.2, 0.25) is 0 Å². The van der Waals surface area contributed by atoms with Crippen LogP contribution in [0, 0.1) is 5.82 Å². The first kappa shape index (κ1) is 18.9. The van der Waals surface area contributed by atoms with Crippen LogP contribution >= 0.6 is 0 Å². The van der Waals surface area contributed by atoms with E-state index in [9.17, 15) is 17.6 Å². The Hall–Kier alpha value is -3.45. The first-order chi connectivity index (χ1) is 13.9. The molecule has 0 radical (unpaired) electrons. The topological polar surface area (TPSA) is 65.4 Å². The molecule has 3 aromatic carbocycles. The maximum Gasteiger partial charge on any atom is 0.337 e. The minimum atomic E-state index is -3.92. The van der Waals surface area contributed by atoms with Crippen LogP contribution in [-0.4, -0.2) is 25.5 Å². The molecule has 1 heterocycles. The van der Waals surface area contributed by atoms with Crippen LogP contribution < -0.4 is 0 Å². The summed E-state index contributed by atoms with van der Waals surface area (Å²) in [4.78, 5) is 11.8. The zero-order chi connectivity index (χ0) is 20.6. The maximum atomic E-state index is 13.9. The number of aromatic nitrogens is 1. The van der Waals surface area contributed by atoms with Crippen LogP contribution in [0.3, 0.4) is 0 Å². The molecule has 146 valence electrons. The van der Waals surface area contributed by atoms with Crippen molar-refractivity contribution < 1.29 is 22.3 Å². The number of carbonyl (C=O) groups excluding carboxylic acids is 1. The molecule has 0 atom stereocenters. The highest BCUT2D eigenvalue weighted by Gasteiger charge is 2.22. The second-order valence-electron chi connectivity index (χ2n) is 6.39. The second-order valence-corrected chi connectivity index (χ2v) is 8.20. The van der Waals surface area contributed by atoms with Gasteiger partial charge in [-0.2, -0.15) is 0 Å². The van der Waals surface area contributed by atoms with E-state index in [2.05, 4.69) is 0 Å². The van der Waals surface area contributed by atoms with Crippen LogP contribution in [0.25, 0.3) is 22.0 Å². The fourth-order valence-electron chi connectivity index (χ4n) is 3.21. The zero-order valence-corrected chi connectivity index (χ0v) is 16.2. The van der Waals surface area contributed by atoms with E-state index in [1.807, 2.05) is 0 Å². The van der Waals surface area contributed by atoms with E-state index in [4.69, 9.17) is 4.74 Å². The third kappa shape index (κ3) is 3.30. The van der Waals surface area contributed by atoms with Crippen molar-refractivity contribution in [2.75, 3.05) is 7.11 Å². The van der Waals surface area contributed by atoms with Crippen LogP contribution in [-0.2, 0) is 14.8 Å². The lowest BCUT2D eigenvalue weighted by Gasteiger charge is -2.07. The number of methoxy groups -OCH3 is 1. The van der Waals surface area contributed by atoms with Crippen LogP contribution in [0.4, 0.5) is 4.39 Å². The van der Waals surface area contributed by atoms with E-state index >= 15 is 0 Å². The summed E-state index contributed by atoms with van der Waals surface area (Å²) < 4.78 is 46.1. The van der Waals surface area contributed by atoms with Crippen molar-refractivity contribution in [2.24, 2.45) is 0 Å². The van der Waals surface area contributed by atoms with Crippen LogP contribution in [0.2, 0.25) is 0 Å². The summed E-state index contributed by atoms with van der Waals surface area (Å²) in [5.74, 6) is -1.000. The zero-order valence-electron chi connectivity index (χ0n) is 15.4. The largest absolute Gasteiger partial charge is 0.465 e. The molecule has 0 spiro atoms. The molecule has 0 aliphatic rings. The van der Waals surface area contributed by atoms with Gasteiger partial charge < -0.3 is 4.74 Å². The first-order valence-corrected chi connectivity index (χ1v) is 10.2. The van der Waals surface area contributed by atoms with Gasteiger partial charge in [0.15, 0.2) is 0 Å². The minimum Gasteiger partial charge on any atom is -0.465 e. The van der Waals surface area contributed by atoms with Gasteiger partial charge in [-0.3, -0.25) is 0 Å². The van der Waals surface area contributed by atoms with Gasteiger partial charge in [-0.15, -0.1) is 0 Å². The number of nitrogens with zero attached hydrogens (tertiary/aromatic N) is 1. The van der Waals surface area contributed by atoms with E-state index in [1.165, 1.54) is 37.6 Å². The number of rotatable bonds is 4. The minimum absolute atomic E-state index is 0.105. The molecule has 5 nitrogen and oxygen atoms in total. The molecule has 4 rings (SSSR count). The summed E-state index contributed by atoms with van der Waals surface area (Å²) in [7, 11) is -2.62. The van der Waals surface area contributed by atoms with Crippen molar-refractivity contribution in [1.29, 1.82) is 0 Å². The third-order valence-electron chi connectivity index (χ3n) is 4.65. The summed E-state index contributed by atoms with van der Waals surface area (Å²) in [5, 5.41) is 0.580. The number of carbonyl (C=O) groups is 1.